The maximum Gasteiger partial charge on any atom is 0.183 e. The van der Waals surface area contributed by atoms with Crippen LogP contribution in [0.25, 0.3) is 33.3 Å². The molecule has 6 aromatic rings. The van der Waals surface area contributed by atoms with Crippen LogP contribution in [-0.4, -0.2) is 20.2 Å². The second-order valence-corrected chi connectivity index (χ2v) is 11.2. The largest absolute Gasteiger partial charge is 0.209 e. The van der Waals surface area contributed by atoms with E-state index in [0.717, 1.165) is 45.4 Å². The molecule has 0 amide bonds. The van der Waals surface area contributed by atoms with Crippen molar-refractivity contribution in [3.05, 3.63) is 162 Å². The van der Waals surface area contributed by atoms with E-state index in [1.165, 1.54) is 16.3 Å². The highest BCUT2D eigenvalue weighted by molar-refractivity contribution is 9.08. The van der Waals surface area contributed by atoms with E-state index >= 15 is 0 Å². The zero-order valence-electron chi connectivity index (χ0n) is 23.0. The standard InChI is InChI=1S/C37H29BrN4/c38-26-27-20-22-29(23-21-27)35-33-19-11-10-12-28(33)24-25-34(35)36-39-40-41-42(36)37(30-13-4-1-5-14-30,31-15-6-2-7-16-31)32-17-8-3-9-18-32/h1-17,19-25,32H,18,26H2. The van der Waals surface area contributed by atoms with E-state index in [-0.39, 0.29) is 5.92 Å². The van der Waals surface area contributed by atoms with Crippen LogP contribution in [0.4, 0.5) is 0 Å². The molecule has 1 aliphatic rings. The quantitative estimate of drug-likeness (QED) is 0.170. The van der Waals surface area contributed by atoms with Gasteiger partial charge in [-0.1, -0.05) is 155 Å². The topological polar surface area (TPSA) is 43.6 Å². The van der Waals surface area contributed by atoms with E-state index in [1.807, 2.05) is 0 Å². The minimum absolute atomic E-state index is 0.0802. The van der Waals surface area contributed by atoms with Crippen molar-refractivity contribution >= 4 is 26.7 Å². The van der Waals surface area contributed by atoms with Crippen LogP contribution in [0.15, 0.2) is 146 Å². The Balaban J connectivity index is 1.56. The van der Waals surface area contributed by atoms with E-state index in [1.54, 1.807) is 0 Å². The third-order valence-electron chi connectivity index (χ3n) is 8.32. The minimum atomic E-state index is -0.689. The predicted octanol–water partition coefficient (Wildman–Crippen LogP) is 8.98. The third kappa shape index (κ3) is 4.41. The van der Waals surface area contributed by atoms with Crippen molar-refractivity contribution in [3.8, 4) is 22.5 Å². The lowest BCUT2D eigenvalue weighted by atomic mass is 9.70. The second kappa shape index (κ2) is 11.3. The number of aromatic nitrogens is 4. The van der Waals surface area contributed by atoms with Gasteiger partial charge in [0, 0.05) is 22.4 Å². The summed E-state index contributed by atoms with van der Waals surface area (Å²) in [5.41, 5.74) is 6.07. The van der Waals surface area contributed by atoms with Gasteiger partial charge in [-0.15, -0.1) is 5.10 Å². The van der Waals surface area contributed by atoms with Gasteiger partial charge in [0.1, 0.15) is 5.54 Å². The first-order valence-corrected chi connectivity index (χ1v) is 15.3. The molecule has 1 heterocycles. The zero-order chi connectivity index (χ0) is 28.4. The summed E-state index contributed by atoms with van der Waals surface area (Å²) in [5.74, 6) is 0.813. The molecule has 5 heteroatoms. The summed E-state index contributed by atoms with van der Waals surface area (Å²) in [6.45, 7) is 0. The molecule has 0 fully saturated rings. The number of rotatable bonds is 7. The van der Waals surface area contributed by atoms with E-state index in [9.17, 15) is 0 Å². The van der Waals surface area contributed by atoms with Gasteiger partial charge < -0.3 is 0 Å². The molecule has 0 aliphatic heterocycles. The van der Waals surface area contributed by atoms with Crippen LogP contribution in [0.1, 0.15) is 23.1 Å². The second-order valence-electron chi connectivity index (χ2n) is 10.6. The molecular weight excluding hydrogens is 580 g/mol. The molecule has 0 saturated heterocycles. The summed E-state index contributed by atoms with van der Waals surface area (Å²) in [6.07, 6.45) is 9.66. The molecule has 4 nitrogen and oxygen atoms in total. The first-order chi connectivity index (χ1) is 20.8. The molecule has 1 aromatic heterocycles. The van der Waals surface area contributed by atoms with Gasteiger partial charge in [0.15, 0.2) is 5.82 Å². The Morgan fingerprint density at radius 2 is 1.43 bits per heavy atom. The summed E-state index contributed by atoms with van der Waals surface area (Å²) in [5, 5.41) is 17.1. The Morgan fingerprint density at radius 3 is 2.10 bits per heavy atom. The van der Waals surface area contributed by atoms with E-state index in [0.29, 0.717) is 0 Å². The van der Waals surface area contributed by atoms with Gasteiger partial charge in [-0.2, -0.15) is 0 Å². The van der Waals surface area contributed by atoms with Crippen LogP contribution >= 0.6 is 15.9 Å². The molecule has 1 aliphatic carbocycles. The van der Waals surface area contributed by atoms with E-state index in [4.69, 9.17) is 10.3 Å². The highest BCUT2D eigenvalue weighted by Crippen LogP contribution is 2.47. The molecule has 1 unspecified atom stereocenters. The molecule has 1 atom stereocenters. The smallest absolute Gasteiger partial charge is 0.183 e. The average Bonchev–Trinajstić information content (AvgIpc) is 3.56. The molecule has 42 heavy (non-hydrogen) atoms. The van der Waals surface area contributed by atoms with Gasteiger partial charge in [0.05, 0.1) is 0 Å². The number of hydrogen-bond donors (Lipinski definition) is 0. The molecule has 0 radical (unpaired) electrons. The minimum Gasteiger partial charge on any atom is -0.209 e. The van der Waals surface area contributed by atoms with Gasteiger partial charge in [-0.05, 0) is 55.9 Å². The molecule has 0 N–H and O–H groups in total. The first kappa shape index (κ1) is 26.3. The van der Waals surface area contributed by atoms with E-state index < -0.39 is 5.54 Å². The van der Waals surface area contributed by atoms with Crippen LogP contribution < -0.4 is 0 Å². The third-order valence-corrected chi connectivity index (χ3v) is 8.96. The number of tetrazole rings is 1. The molecule has 7 rings (SSSR count). The van der Waals surface area contributed by atoms with Crippen LogP contribution in [-0.2, 0) is 10.9 Å². The SMILES string of the molecule is BrCc1ccc(-c2c(-c3nnnn3C(c3ccccc3)(c3ccccc3)C3C=CC=CC3)ccc3ccccc23)cc1. The van der Waals surface area contributed by atoms with Crippen molar-refractivity contribution in [1.82, 2.24) is 20.2 Å². The lowest BCUT2D eigenvalue weighted by molar-refractivity contribution is 0.290. The number of fused-ring (bicyclic) bond motifs is 1. The highest BCUT2D eigenvalue weighted by atomic mass is 79.9. The van der Waals surface area contributed by atoms with Crippen molar-refractivity contribution in [2.75, 3.05) is 0 Å². The van der Waals surface area contributed by atoms with E-state index in [2.05, 4.69) is 171 Å². The maximum absolute atomic E-state index is 4.83. The fraction of sp³-hybridized carbons (Fsp3) is 0.108. The van der Waals surface area contributed by atoms with Crippen molar-refractivity contribution < 1.29 is 0 Å². The van der Waals surface area contributed by atoms with Gasteiger partial charge in [0.25, 0.3) is 0 Å². The van der Waals surface area contributed by atoms with Gasteiger partial charge in [-0.3, -0.25) is 0 Å². The molecule has 0 bridgehead atoms. The van der Waals surface area contributed by atoms with Gasteiger partial charge >= 0.3 is 0 Å². The van der Waals surface area contributed by atoms with Crippen LogP contribution in [0, 0.1) is 5.92 Å². The average molecular weight is 610 g/mol. The number of halogens is 1. The number of allylic oxidation sites excluding steroid dienone is 4. The Bertz CT molecular complexity index is 1850. The monoisotopic (exact) mass is 608 g/mol. The Morgan fingerprint density at radius 1 is 0.738 bits per heavy atom. The maximum atomic E-state index is 4.83. The Hall–Kier alpha value is -4.61. The normalized spacial score (nSPS) is 14.8. The predicted molar refractivity (Wildman–Crippen MR) is 174 cm³/mol. The number of alkyl halides is 1. The summed E-state index contributed by atoms with van der Waals surface area (Å²) in [6, 6.07) is 43.0. The van der Waals surface area contributed by atoms with Gasteiger partial charge in [0.2, 0.25) is 0 Å². The molecule has 5 aromatic carbocycles. The van der Waals surface area contributed by atoms with Crippen LogP contribution in [0.2, 0.25) is 0 Å². The first-order valence-electron chi connectivity index (χ1n) is 14.2. The van der Waals surface area contributed by atoms with Crippen molar-refractivity contribution in [2.45, 2.75) is 17.3 Å². The fourth-order valence-corrected chi connectivity index (χ4v) is 6.77. The fourth-order valence-electron chi connectivity index (χ4n) is 6.39. The number of hydrogen-bond acceptors (Lipinski definition) is 3. The summed E-state index contributed by atoms with van der Waals surface area (Å²) in [4.78, 5) is 0. The molecule has 204 valence electrons. The summed E-state index contributed by atoms with van der Waals surface area (Å²) in [7, 11) is 0. The lowest BCUT2D eigenvalue weighted by Crippen LogP contribution is -2.44. The van der Waals surface area contributed by atoms with Crippen LogP contribution in [0.3, 0.4) is 0 Å². The lowest BCUT2D eigenvalue weighted by Gasteiger charge is -2.41. The Labute approximate surface area is 254 Å². The Kier molecular flexibility index (Phi) is 7.10. The van der Waals surface area contributed by atoms with Crippen molar-refractivity contribution in [2.24, 2.45) is 5.92 Å². The van der Waals surface area contributed by atoms with Gasteiger partial charge in [-0.25, -0.2) is 4.68 Å². The number of nitrogens with zero attached hydrogens (tertiary/aromatic N) is 4. The summed E-state index contributed by atoms with van der Waals surface area (Å²) >= 11 is 3.60. The molecule has 0 saturated carbocycles. The zero-order valence-corrected chi connectivity index (χ0v) is 24.6. The van der Waals surface area contributed by atoms with Crippen LogP contribution in [0.5, 0.6) is 0 Å². The summed E-state index contributed by atoms with van der Waals surface area (Å²) < 4.78 is 2.08. The highest BCUT2D eigenvalue weighted by Gasteiger charge is 2.46. The molecule has 0 spiro atoms. The van der Waals surface area contributed by atoms with Crippen molar-refractivity contribution in [3.63, 3.8) is 0 Å². The molecular formula is C37H29BrN4. The number of benzene rings is 5. The van der Waals surface area contributed by atoms with Crippen molar-refractivity contribution in [1.29, 1.82) is 0 Å².